The SMILES string of the molecule is O=C(O)[C@H]1NCC[C@H]1c1ccc(O)cc1. The summed E-state index contributed by atoms with van der Waals surface area (Å²) in [6, 6.07) is 6.24. The summed E-state index contributed by atoms with van der Waals surface area (Å²) in [5.41, 5.74) is 0.963. The Kier molecular flexibility index (Phi) is 2.60. The van der Waals surface area contributed by atoms with E-state index in [4.69, 9.17) is 10.2 Å². The van der Waals surface area contributed by atoms with Crippen LogP contribution in [0.2, 0.25) is 0 Å². The highest BCUT2D eigenvalue weighted by Crippen LogP contribution is 2.28. The molecule has 80 valence electrons. The maximum atomic E-state index is 10.9. The Morgan fingerprint density at radius 1 is 1.33 bits per heavy atom. The maximum absolute atomic E-state index is 10.9. The molecule has 4 heteroatoms. The second kappa shape index (κ2) is 3.90. The van der Waals surface area contributed by atoms with E-state index in [-0.39, 0.29) is 11.7 Å². The quantitative estimate of drug-likeness (QED) is 0.674. The summed E-state index contributed by atoms with van der Waals surface area (Å²) in [6.45, 7) is 0.725. The van der Waals surface area contributed by atoms with E-state index >= 15 is 0 Å². The van der Waals surface area contributed by atoms with Crippen LogP contribution in [0.25, 0.3) is 0 Å². The van der Waals surface area contributed by atoms with Gasteiger partial charge in [-0.25, -0.2) is 0 Å². The molecule has 0 bridgehead atoms. The van der Waals surface area contributed by atoms with Gasteiger partial charge in [-0.05, 0) is 30.7 Å². The Labute approximate surface area is 87.6 Å². The van der Waals surface area contributed by atoms with Crippen LogP contribution in [0.1, 0.15) is 17.9 Å². The minimum atomic E-state index is -0.814. The van der Waals surface area contributed by atoms with Crippen molar-refractivity contribution < 1.29 is 15.0 Å². The topological polar surface area (TPSA) is 69.6 Å². The molecule has 15 heavy (non-hydrogen) atoms. The summed E-state index contributed by atoms with van der Waals surface area (Å²) in [4.78, 5) is 10.9. The fourth-order valence-corrected chi connectivity index (χ4v) is 2.04. The lowest BCUT2D eigenvalue weighted by atomic mass is 9.92. The number of nitrogens with one attached hydrogen (secondary N) is 1. The van der Waals surface area contributed by atoms with Gasteiger partial charge in [0.1, 0.15) is 11.8 Å². The molecule has 0 amide bonds. The molecule has 1 aliphatic rings. The van der Waals surface area contributed by atoms with E-state index in [0.717, 1.165) is 18.5 Å². The fourth-order valence-electron chi connectivity index (χ4n) is 2.04. The Balaban J connectivity index is 2.22. The molecule has 1 fully saturated rings. The van der Waals surface area contributed by atoms with Crippen LogP contribution in [0.3, 0.4) is 0 Å². The van der Waals surface area contributed by atoms with E-state index in [1.54, 1.807) is 24.3 Å². The first-order chi connectivity index (χ1) is 7.18. The third-order valence-electron chi connectivity index (χ3n) is 2.81. The first-order valence-corrected chi connectivity index (χ1v) is 4.93. The number of hydrogen-bond acceptors (Lipinski definition) is 3. The number of aliphatic carboxylic acids is 1. The van der Waals surface area contributed by atoms with Crippen LogP contribution < -0.4 is 5.32 Å². The van der Waals surface area contributed by atoms with Crippen molar-refractivity contribution in [2.24, 2.45) is 0 Å². The molecule has 0 spiro atoms. The molecular formula is C11H13NO3. The van der Waals surface area contributed by atoms with Crippen molar-refractivity contribution in [3.63, 3.8) is 0 Å². The molecule has 0 saturated carbocycles. The summed E-state index contributed by atoms with van der Waals surface area (Å²) >= 11 is 0. The van der Waals surface area contributed by atoms with Gasteiger partial charge in [0.05, 0.1) is 0 Å². The van der Waals surface area contributed by atoms with Gasteiger partial charge in [0.25, 0.3) is 0 Å². The smallest absolute Gasteiger partial charge is 0.321 e. The van der Waals surface area contributed by atoms with Crippen LogP contribution in [0.5, 0.6) is 5.75 Å². The Hall–Kier alpha value is -1.55. The van der Waals surface area contributed by atoms with Crippen LogP contribution in [0, 0.1) is 0 Å². The Morgan fingerprint density at radius 2 is 2.00 bits per heavy atom. The second-order valence-electron chi connectivity index (χ2n) is 3.76. The van der Waals surface area contributed by atoms with Crippen molar-refractivity contribution in [2.45, 2.75) is 18.4 Å². The third-order valence-corrected chi connectivity index (χ3v) is 2.81. The lowest BCUT2D eigenvalue weighted by Crippen LogP contribution is -2.34. The molecule has 0 radical (unpaired) electrons. The van der Waals surface area contributed by atoms with E-state index in [1.165, 1.54) is 0 Å². The average Bonchev–Trinajstić information content (AvgIpc) is 2.67. The molecule has 0 aromatic heterocycles. The summed E-state index contributed by atoms with van der Waals surface area (Å²) < 4.78 is 0. The van der Waals surface area contributed by atoms with Gasteiger partial charge < -0.3 is 15.5 Å². The van der Waals surface area contributed by atoms with Crippen molar-refractivity contribution in [3.8, 4) is 5.75 Å². The summed E-state index contributed by atoms with van der Waals surface area (Å²) in [5.74, 6) is -0.606. The van der Waals surface area contributed by atoms with Crippen LogP contribution in [0.15, 0.2) is 24.3 Å². The average molecular weight is 207 g/mol. The summed E-state index contributed by atoms with van der Waals surface area (Å²) in [7, 11) is 0. The molecule has 0 unspecified atom stereocenters. The van der Waals surface area contributed by atoms with Crippen molar-refractivity contribution in [2.75, 3.05) is 6.54 Å². The first kappa shape index (κ1) is 9.98. The molecule has 0 aliphatic carbocycles. The number of benzene rings is 1. The molecular weight excluding hydrogens is 194 g/mol. The highest BCUT2D eigenvalue weighted by Gasteiger charge is 2.33. The van der Waals surface area contributed by atoms with E-state index in [2.05, 4.69) is 5.32 Å². The van der Waals surface area contributed by atoms with Gasteiger partial charge in [0.2, 0.25) is 0 Å². The largest absolute Gasteiger partial charge is 0.508 e. The molecule has 1 heterocycles. The molecule has 4 nitrogen and oxygen atoms in total. The van der Waals surface area contributed by atoms with Crippen molar-refractivity contribution >= 4 is 5.97 Å². The van der Waals surface area contributed by atoms with E-state index in [1.807, 2.05) is 0 Å². The number of phenolic OH excluding ortho intramolecular Hbond substituents is 1. The number of carboxylic acid groups (broad SMARTS) is 1. The fraction of sp³-hybridized carbons (Fsp3) is 0.364. The Morgan fingerprint density at radius 3 is 2.60 bits per heavy atom. The lowest BCUT2D eigenvalue weighted by molar-refractivity contribution is -0.139. The molecule has 2 rings (SSSR count). The zero-order chi connectivity index (χ0) is 10.8. The van der Waals surface area contributed by atoms with Crippen LogP contribution >= 0.6 is 0 Å². The zero-order valence-corrected chi connectivity index (χ0v) is 8.18. The molecule has 1 saturated heterocycles. The highest BCUT2D eigenvalue weighted by atomic mass is 16.4. The Bertz CT molecular complexity index is 361. The number of carboxylic acids is 1. The second-order valence-corrected chi connectivity index (χ2v) is 3.76. The minimum absolute atomic E-state index is 0.00287. The normalized spacial score (nSPS) is 25.3. The predicted octanol–water partition coefficient (Wildman–Crippen LogP) is 0.922. The van der Waals surface area contributed by atoms with Gasteiger partial charge in [0.15, 0.2) is 0 Å². The molecule has 1 aromatic rings. The zero-order valence-electron chi connectivity index (χ0n) is 8.18. The van der Waals surface area contributed by atoms with Crippen molar-refractivity contribution in [3.05, 3.63) is 29.8 Å². The van der Waals surface area contributed by atoms with Crippen molar-refractivity contribution in [1.29, 1.82) is 0 Å². The maximum Gasteiger partial charge on any atom is 0.321 e. The summed E-state index contributed by atoms with van der Waals surface area (Å²) in [5, 5.41) is 21.1. The standard InChI is InChI=1S/C11H13NO3/c13-8-3-1-7(2-4-8)9-5-6-12-10(9)11(14)15/h1-4,9-10,12-13H,5-6H2,(H,14,15)/t9-,10-/m0/s1. The van der Waals surface area contributed by atoms with Crippen molar-refractivity contribution in [1.82, 2.24) is 5.32 Å². The van der Waals surface area contributed by atoms with Crippen LogP contribution in [-0.2, 0) is 4.79 Å². The van der Waals surface area contributed by atoms with E-state index in [0.29, 0.717) is 0 Å². The van der Waals surface area contributed by atoms with Gasteiger partial charge in [-0.2, -0.15) is 0 Å². The van der Waals surface area contributed by atoms with Gasteiger partial charge in [-0.1, -0.05) is 12.1 Å². The molecule has 2 atom stereocenters. The highest BCUT2D eigenvalue weighted by molar-refractivity contribution is 5.75. The van der Waals surface area contributed by atoms with E-state index < -0.39 is 12.0 Å². The first-order valence-electron chi connectivity index (χ1n) is 4.93. The minimum Gasteiger partial charge on any atom is -0.508 e. The number of phenols is 1. The van der Waals surface area contributed by atoms with E-state index in [9.17, 15) is 4.79 Å². The van der Waals surface area contributed by atoms with Crippen LogP contribution in [-0.4, -0.2) is 28.8 Å². The predicted molar refractivity (Wildman–Crippen MR) is 54.9 cm³/mol. The number of hydrogen-bond donors (Lipinski definition) is 3. The van der Waals surface area contributed by atoms with Gasteiger partial charge in [-0.15, -0.1) is 0 Å². The number of aromatic hydroxyl groups is 1. The molecule has 1 aromatic carbocycles. The van der Waals surface area contributed by atoms with Crippen LogP contribution in [0.4, 0.5) is 0 Å². The van der Waals surface area contributed by atoms with Gasteiger partial charge >= 0.3 is 5.97 Å². The number of rotatable bonds is 2. The monoisotopic (exact) mass is 207 g/mol. The van der Waals surface area contributed by atoms with Gasteiger partial charge in [0, 0.05) is 5.92 Å². The van der Waals surface area contributed by atoms with Gasteiger partial charge in [-0.3, -0.25) is 4.79 Å². The summed E-state index contributed by atoms with van der Waals surface area (Å²) in [6.07, 6.45) is 0.821. The number of carbonyl (C=O) groups is 1. The lowest BCUT2D eigenvalue weighted by Gasteiger charge is -2.15. The molecule has 3 N–H and O–H groups in total. The third kappa shape index (κ3) is 1.94. The molecule has 1 aliphatic heterocycles.